The minimum Gasteiger partial charge on any atom is -0.496 e. The second-order valence-electron chi connectivity index (χ2n) is 6.60. The van der Waals surface area contributed by atoms with Crippen LogP contribution in [0, 0.1) is 5.41 Å². The first-order valence-electron chi connectivity index (χ1n) is 7.56. The van der Waals surface area contributed by atoms with Gasteiger partial charge in [-0.1, -0.05) is 25.4 Å². The van der Waals surface area contributed by atoms with E-state index in [1.54, 1.807) is 7.11 Å². The number of rotatable bonds is 8. The van der Waals surface area contributed by atoms with E-state index in [-0.39, 0.29) is 0 Å². The largest absolute Gasteiger partial charge is 0.496 e. The van der Waals surface area contributed by atoms with Crippen LogP contribution in [-0.2, 0) is 6.42 Å². The lowest BCUT2D eigenvalue weighted by Crippen LogP contribution is -2.24. The molecule has 3 heteroatoms. The van der Waals surface area contributed by atoms with E-state index < -0.39 is 0 Å². The first-order valence-corrected chi connectivity index (χ1v) is 7.94. The Hall–Kier alpha value is -0.730. The molecule has 1 N–H and O–H groups in total. The van der Waals surface area contributed by atoms with Crippen molar-refractivity contribution in [3.05, 3.63) is 28.8 Å². The minimum absolute atomic E-state index is 0.342. The van der Waals surface area contributed by atoms with Crippen molar-refractivity contribution < 1.29 is 4.74 Å². The number of halogens is 1. The van der Waals surface area contributed by atoms with Crippen LogP contribution in [0.4, 0.5) is 0 Å². The summed E-state index contributed by atoms with van der Waals surface area (Å²) < 4.78 is 5.42. The average molecular weight is 296 g/mol. The molecule has 1 aromatic carbocycles. The Labute approximate surface area is 127 Å². The van der Waals surface area contributed by atoms with Crippen molar-refractivity contribution in [2.75, 3.05) is 13.7 Å². The fourth-order valence-electron chi connectivity index (χ4n) is 2.44. The number of methoxy groups -OCH3 is 1. The summed E-state index contributed by atoms with van der Waals surface area (Å²) in [5.74, 6) is 0.946. The molecule has 2 nitrogen and oxygen atoms in total. The molecule has 1 aliphatic rings. The molecule has 1 aliphatic carbocycles. The average Bonchev–Trinajstić information content (AvgIpc) is 3.21. The summed E-state index contributed by atoms with van der Waals surface area (Å²) in [6, 6.07) is 6.67. The standard InChI is InChI=1S/C17H26ClNO/c1-17(2,10-11-19-15-5-6-15)9-8-13-12-14(18)4-7-16(13)20-3/h4,7,12,15,19H,5-6,8-11H2,1-3H3. The van der Waals surface area contributed by atoms with Crippen LogP contribution in [0.5, 0.6) is 5.75 Å². The van der Waals surface area contributed by atoms with Crippen LogP contribution in [0.15, 0.2) is 18.2 Å². The molecule has 1 fully saturated rings. The lowest BCUT2D eigenvalue weighted by Gasteiger charge is -2.25. The van der Waals surface area contributed by atoms with Crippen molar-refractivity contribution in [1.29, 1.82) is 0 Å². The molecule has 1 aromatic rings. The van der Waals surface area contributed by atoms with Crippen molar-refractivity contribution in [3.63, 3.8) is 0 Å². The van der Waals surface area contributed by atoms with Gasteiger partial charge in [-0.15, -0.1) is 0 Å². The SMILES string of the molecule is COc1ccc(Cl)cc1CCC(C)(C)CCNC1CC1. The highest BCUT2D eigenvalue weighted by Crippen LogP contribution is 2.31. The zero-order valence-electron chi connectivity index (χ0n) is 12.8. The van der Waals surface area contributed by atoms with E-state index in [4.69, 9.17) is 16.3 Å². The Morgan fingerprint density at radius 1 is 1.30 bits per heavy atom. The van der Waals surface area contributed by atoms with Crippen molar-refractivity contribution in [1.82, 2.24) is 5.32 Å². The van der Waals surface area contributed by atoms with Crippen molar-refractivity contribution in [2.24, 2.45) is 5.41 Å². The van der Waals surface area contributed by atoms with Gasteiger partial charge in [-0.05, 0) is 67.8 Å². The van der Waals surface area contributed by atoms with E-state index in [0.717, 1.165) is 36.2 Å². The van der Waals surface area contributed by atoms with Crippen LogP contribution in [0.3, 0.4) is 0 Å². The third-order valence-electron chi connectivity index (χ3n) is 4.13. The predicted octanol–water partition coefficient (Wildman–Crippen LogP) is 4.45. The second-order valence-corrected chi connectivity index (χ2v) is 7.04. The highest BCUT2D eigenvalue weighted by atomic mass is 35.5. The summed E-state index contributed by atoms with van der Waals surface area (Å²) in [4.78, 5) is 0. The quantitative estimate of drug-likeness (QED) is 0.765. The van der Waals surface area contributed by atoms with Gasteiger partial charge < -0.3 is 10.1 Å². The van der Waals surface area contributed by atoms with E-state index in [9.17, 15) is 0 Å². The van der Waals surface area contributed by atoms with Gasteiger partial charge in [0, 0.05) is 11.1 Å². The van der Waals surface area contributed by atoms with Gasteiger partial charge in [0.1, 0.15) is 5.75 Å². The van der Waals surface area contributed by atoms with Gasteiger partial charge in [0.2, 0.25) is 0 Å². The molecule has 0 aromatic heterocycles. The highest BCUT2D eigenvalue weighted by molar-refractivity contribution is 6.30. The van der Waals surface area contributed by atoms with E-state index >= 15 is 0 Å². The van der Waals surface area contributed by atoms with E-state index in [2.05, 4.69) is 19.2 Å². The third kappa shape index (κ3) is 4.99. The molecule has 2 rings (SSSR count). The van der Waals surface area contributed by atoms with Crippen LogP contribution in [0.1, 0.15) is 45.1 Å². The van der Waals surface area contributed by atoms with Gasteiger partial charge in [-0.3, -0.25) is 0 Å². The zero-order chi connectivity index (χ0) is 14.6. The molecule has 0 heterocycles. The molecule has 0 unspecified atom stereocenters. The van der Waals surface area contributed by atoms with E-state index in [1.807, 2.05) is 18.2 Å². The molecule has 0 atom stereocenters. The molecule has 0 spiro atoms. The number of ether oxygens (including phenoxy) is 1. The number of hydrogen-bond acceptors (Lipinski definition) is 2. The first kappa shape index (κ1) is 15.7. The Kier molecular flexibility index (Phi) is 5.34. The molecule has 0 aliphatic heterocycles. The smallest absolute Gasteiger partial charge is 0.122 e. The normalized spacial score (nSPS) is 15.4. The summed E-state index contributed by atoms with van der Waals surface area (Å²) >= 11 is 6.08. The summed E-state index contributed by atoms with van der Waals surface area (Å²) in [7, 11) is 1.72. The van der Waals surface area contributed by atoms with Gasteiger partial charge >= 0.3 is 0 Å². The Balaban J connectivity index is 1.84. The number of hydrogen-bond donors (Lipinski definition) is 1. The topological polar surface area (TPSA) is 21.3 Å². The minimum atomic E-state index is 0.342. The number of benzene rings is 1. The summed E-state index contributed by atoms with van der Waals surface area (Å²) in [5, 5.41) is 4.38. The molecule has 0 bridgehead atoms. The van der Waals surface area contributed by atoms with Gasteiger partial charge in [-0.25, -0.2) is 0 Å². The second kappa shape index (κ2) is 6.82. The number of aryl methyl sites for hydroxylation is 1. The van der Waals surface area contributed by atoms with Gasteiger partial charge in [-0.2, -0.15) is 0 Å². The first-order chi connectivity index (χ1) is 9.50. The van der Waals surface area contributed by atoms with Crippen LogP contribution in [-0.4, -0.2) is 19.7 Å². The van der Waals surface area contributed by atoms with Crippen LogP contribution in [0.2, 0.25) is 5.02 Å². The maximum atomic E-state index is 6.08. The monoisotopic (exact) mass is 295 g/mol. The predicted molar refractivity (Wildman–Crippen MR) is 85.7 cm³/mol. The third-order valence-corrected chi connectivity index (χ3v) is 4.36. The highest BCUT2D eigenvalue weighted by Gasteiger charge is 2.23. The Morgan fingerprint density at radius 3 is 2.70 bits per heavy atom. The number of nitrogens with one attached hydrogen (secondary N) is 1. The fourth-order valence-corrected chi connectivity index (χ4v) is 2.64. The fraction of sp³-hybridized carbons (Fsp3) is 0.647. The van der Waals surface area contributed by atoms with Gasteiger partial charge in [0.25, 0.3) is 0 Å². The molecular weight excluding hydrogens is 270 g/mol. The zero-order valence-corrected chi connectivity index (χ0v) is 13.6. The molecule has 1 saturated carbocycles. The summed E-state index contributed by atoms with van der Waals surface area (Å²) in [5.41, 5.74) is 1.55. The van der Waals surface area contributed by atoms with Gasteiger partial charge in [0.15, 0.2) is 0 Å². The lowest BCUT2D eigenvalue weighted by molar-refractivity contribution is 0.300. The van der Waals surface area contributed by atoms with Crippen molar-refractivity contribution >= 4 is 11.6 Å². The molecule has 112 valence electrons. The van der Waals surface area contributed by atoms with Crippen LogP contribution < -0.4 is 10.1 Å². The maximum Gasteiger partial charge on any atom is 0.122 e. The molecule has 0 radical (unpaired) electrons. The van der Waals surface area contributed by atoms with E-state index in [1.165, 1.54) is 24.8 Å². The maximum absolute atomic E-state index is 6.08. The van der Waals surface area contributed by atoms with E-state index in [0.29, 0.717) is 5.41 Å². The molecular formula is C17H26ClNO. The van der Waals surface area contributed by atoms with Crippen LogP contribution in [0.25, 0.3) is 0 Å². The molecule has 0 saturated heterocycles. The van der Waals surface area contributed by atoms with Gasteiger partial charge in [0.05, 0.1) is 7.11 Å². The van der Waals surface area contributed by atoms with Crippen molar-refractivity contribution in [2.45, 2.75) is 52.0 Å². The Morgan fingerprint density at radius 2 is 2.05 bits per heavy atom. The Bertz CT molecular complexity index is 441. The lowest BCUT2D eigenvalue weighted by atomic mass is 9.83. The molecule has 20 heavy (non-hydrogen) atoms. The van der Waals surface area contributed by atoms with Crippen LogP contribution >= 0.6 is 11.6 Å². The van der Waals surface area contributed by atoms with Crippen molar-refractivity contribution in [3.8, 4) is 5.75 Å². The summed E-state index contributed by atoms with van der Waals surface area (Å²) in [6.07, 6.45) is 6.10. The summed E-state index contributed by atoms with van der Waals surface area (Å²) in [6.45, 7) is 5.82. The molecule has 0 amide bonds.